The molecule has 0 aliphatic heterocycles. The Morgan fingerprint density at radius 2 is 2.17 bits per heavy atom. The molecule has 0 fully saturated rings. The number of amides is 1. The highest BCUT2D eigenvalue weighted by Crippen LogP contribution is 2.28. The molecule has 6 heteroatoms. The van der Waals surface area contributed by atoms with Gasteiger partial charge in [0, 0.05) is 16.9 Å². The summed E-state index contributed by atoms with van der Waals surface area (Å²) in [5, 5.41) is 5.83. The average Bonchev–Trinajstić information content (AvgIpc) is 2.29. The number of halogens is 2. The Bertz CT molecular complexity index is 402. The summed E-state index contributed by atoms with van der Waals surface area (Å²) in [5.74, 6) is 0.526. The molecule has 0 bridgehead atoms. The van der Waals surface area contributed by atoms with Gasteiger partial charge in [0.05, 0.1) is 12.8 Å². The second-order valence-electron chi connectivity index (χ2n) is 3.79. The van der Waals surface area contributed by atoms with Crippen molar-refractivity contribution in [3.05, 3.63) is 22.7 Å². The third-order valence-corrected chi connectivity index (χ3v) is 2.87. The van der Waals surface area contributed by atoms with E-state index in [1.165, 1.54) is 0 Å². The van der Waals surface area contributed by atoms with Gasteiger partial charge in [0.25, 0.3) is 0 Å². The van der Waals surface area contributed by atoms with Crippen LogP contribution in [0.15, 0.2) is 22.7 Å². The Kier molecular flexibility index (Phi) is 7.98. The van der Waals surface area contributed by atoms with Crippen LogP contribution in [0.2, 0.25) is 0 Å². The zero-order valence-corrected chi connectivity index (χ0v) is 13.0. The summed E-state index contributed by atoms with van der Waals surface area (Å²) >= 11 is 3.36. The monoisotopic (exact) mass is 336 g/mol. The lowest BCUT2D eigenvalue weighted by atomic mass is 10.1. The standard InChI is InChI=1S/C12H17BrN2O2.ClH/c1-8(7-14-2)12(16)15-10-6-9(13)4-5-11(10)17-3;/h4-6,8,14H,7H2,1-3H3,(H,15,16);1H. The molecule has 1 atom stereocenters. The molecule has 1 rings (SSSR count). The van der Waals surface area contributed by atoms with Gasteiger partial charge in [-0.25, -0.2) is 0 Å². The molecule has 1 amide bonds. The fourth-order valence-corrected chi connectivity index (χ4v) is 1.79. The molecular formula is C12H18BrClN2O2. The Hall–Kier alpha value is -0.780. The maximum atomic E-state index is 11.9. The Morgan fingerprint density at radius 1 is 1.50 bits per heavy atom. The lowest BCUT2D eigenvalue weighted by molar-refractivity contribution is -0.119. The second-order valence-corrected chi connectivity index (χ2v) is 4.71. The van der Waals surface area contributed by atoms with Crippen LogP contribution in [0.4, 0.5) is 5.69 Å². The molecule has 0 aromatic heterocycles. The number of carbonyl (C=O) groups excluding carboxylic acids is 1. The van der Waals surface area contributed by atoms with Gasteiger partial charge in [0.2, 0.25) is 5.91 Å². The van der Waals surface area contributed by atoms with Gasteiger partial charge in [0.15, 0.2) is 0 Å². The van der Waals surface area contributed by atoms with Crippen LogP contribution in [-0.4, -0.2) is 26.6 Å². The van der Waals surface area contributed by atoms with Crippen molar-refractivity contribution < 1.29 is 9.53 Å². The van der Waals surface area contributed by atoms with Crippen LogP contribution in [0.25, 0.3) is 0 Å². The highest BCUT2D eigenvalue weighted by atomic mass is 79.9. The Balaban J connectivity index is 0.00000289. The van der Waals surface area contributed by atoms with E-state index >= 15 is 0 Å². The van der Waals surface area contributed by atoms with E-state index in [2.05, 4.69) is 26.6 Å². The first-order chi connectivity index (χ1) is 8.08. The summed E-state index contributed by atoms with van der Waals surface area (Å²) in [5.41, 5.74) is 0.676. The minimum absolute atomic E-state index is 0. The molecule has 0 aliphatic carbocycles. The van der Waals surface area contributed by atoms with Crippen LogP contribution in [0, 0.1) is 5.92 Å². The van der Waals surface area contributed by atoms with E-state index in [-0.39, 0.29) is 24.2 Å². The van der Waals surface area contributed by atoms with Crippen LogP contribution in [0.1, 0.15) is 6.92 Å². The van der Waals surface area contributed by atoms with Crippen LogP contribution in [0.3, 0.4) is 0 Å². The van der Waals surface area contributed by atoms with Gasteiger partial charge in [0.1, 0.15) is 5.75 Å². The van der Waals surface area contributed by atoms with Crippen molar-refractivity contribution in [2.24, 2.45) is 5.92 Å². The molecule has 18 heavy (non-hydrogen) atoms. The zero-order valence-electron chi connectivity index (χ0n) is 10.6. The highest BCUT2D eigenvalue weighted by Gasteiger charge is 2.14. The summed E-state index contributed by atoms with van der Waals surface area (Å²) in [7, 11) is 3.40. The average molecular weight is 338 g/mol. The summed E-state index contributed by atoms with van der Waals surface area (Å²) in [4.78, 5) is 11.9. The number of methoxy groups -OCH3 is 1. The van der Waals surface area contributed by atoms with Crippen molar-refractivity contribution in [2.75, 3.05) is 26.0 Å². The molecule has 1 aromatic carbocycles. The van der Waals surface area contributed by atoms with E-state index in [1.54, 1.807) is 7.11 Å². The highest BCUT2D eigenvalue weighted by molar-refractivity contribution is 9.10. The first-order valence-corrected chi connectivity index (χ1v) is 6.16. The maximum Gasteiger partial charge on any atom is 0.228 e. The number of anilines is 1. The van der Waals surface area contributed by atoms with E-state index in [0.29, 0.717) is 18.0 Å². The third kappa shape index (κ3) is 4.84. The van der Waals surface area contributed by atoms with Crippen molar-refractivity contribution >= 4 is 39.9 Å². The van der Waals surface area contributed by atoms with Crippen molar-refractivity contribution in [1.29, 1.82) is 0 Å². The fourth-order valence-electron chi connectivity index (χ4n) is 1.43. The molecular weight excluding hydrogens is 320 g/mol. The van der Waals surface area contributed by atoms with Gasteiger partial charge in [-0.15, -0.1) is 12.4 Å². The number of carbonyl (C=O) groups is 1. The minimum Gasteiger partial charge on any atom is -0.495 e. The Labute approximate surface area is 122 Å². The van der Waals surface area contributed by atoms with E-state index in [0.717, 1.165) is 4.47 Å². The van der Waals surface area contributed by atoms with Crippen LogP contribution < -0.4 is 15.4 Å². The van der Waals surface area contributed by atoms with E-state index in [9.17, 15) is 4.79 Å². The smallest absolute Gasteiger partial charge is 0.228 e. The maximum absolute atomic E-state index is 11.9. The van der Waals surface area contributed by atoms with Gasteiger partial charge in [-0.3, -0.25) is 4.79 Å². The molecule has 0 heterocycles. The largest absolute Gasteiger partial charge is 0.495 e. The van der Waals surface area contributed by atoms with Crippen molar-refractivity contribution in [1.82, 2.24) is 5.32 Å². The van der Waals surface area contributed by atoms with Crippen molar-refractivity contribution in [3.8, 4) is 5.75 Å². The number of hydrogen-bond donors (Lipinski definition) is 2. The molecule has 102 valence electrons. The van der Waals surface area contributed by atoms with Crippen molar-refractivity contribution in [3.63, 3.8) is 0 Å². The molecule has 0 saturated carbocycles. The first kappa shape index (κ1) is 17.2. The predicted octanol–water partition coefficient (Wildman–Crippen LogP) is 2.67. The molecule has 4 nitrogen and oxygen atoms in total. The summed E-state index contributed by atoms with van der Waals surface area (Å²) < 4.78 is 6.09. The topological polar surface area (TPSA) is 50.4 Å². The quantitative estimate of drug-likeness (QED) is 0.868. The number of nitrogens with one attached hydrogen (secondary N) is 2. The predicted molar refractivity (Wildman–Crippen MR) is 79.7 cm³/mol. The molecule has 2 N–H and O–H groups in total. The molecule has 0 radical (unpaired) electrons. The molecule has 0 spiro atoms. The van der Waals surface area contributed by atoms with Crippen molar-refractivity contribution in [2.45, 2.75) is 6.92 Å². The van der Waals surface area contributed by atoms with Gasteiger partial charge in [-0.05, 0) is 25.2 Å². The summed E-state index contributed by atoms with van der Waals surface area (Å²) in [6.45, 7) is 2.51. The SMILES string of the molecule is CNCC(C)C(=O)Nc1cc(Br)ccc1OC.Cl. The number of hydrogen-bond acceptors (Lipinski definition) is 3. The van der Waals surface area contributed by atoms with Crippen LogP contribution >= 0.6 is 28.3 Å². The summed E-state index contributed by atoms with van der Waals surface area (Å²) in [6.07, 6.45) is 0. The fraction of sp³-hybridized carbons (Fsp3) is 0.417. The molecule has 0 aliphatic rings. The lowest BCUT2D eigenvalue weighted by Crippen LogP contribution is -2.28. The zero-order chi connectivity index (χ0) is 12.8. The van der Waals surface area contributed by atoms with E-state index < -0.39 is 0 Å². The normalized spacial score (nSPS) is 11.3. The lowest BCUT2D eigenvalue weighted by Gasteiger charge is -2.14. The van der Waals surface area contributed by atoms with Gasteiger partial charge >= 0.3 is 0 Å². The van der Waals surface area contributed by atoms with Crippen LogP contribution in [0.5, 0.6) is 5.75 Å². The van der Waals surface area contributed by atoms with Gasteiger partial charge in [-0.1, -0.05) is 22.9 Å². The number of benzene rings is 1. The summed E-state index contributed by atoms with van der Waals surface area (Å²) in [6, 6.07) is 5.50. The Morgan fingerprint density at radius 3 is 2.72 bits per heavy atom. The molecule has 1 aromatic rings. The first-order valence-electron chi connectivity index (χ1n) is 5.37. The number of rotatable bonds is 5. The molecule has 0 saturated heterocycles. The second kappa shape index (κ2) is 8.34. The van der Waals surface area contributed by atoms with E-state index in [1.807, 2.05) is 32.2 Å². The number of ether oxygens (including phenoxy) is 1. The van der Waals surface area contributed by atoms with Gasteiger partial charge in [-0.2, -0.15) is 0 Å². The molecule has 1 unspecified atom stereocenters. The van der Waals surface area contributed by atoms with Gasteiger partial charge < -0.3 is 15.4 Å². The van der Waals surface area contributed by atoms with E-state index in [4.69, 9.17) is 4.74 Å². The minimum atomic E-state index is -0.0938. The van der Waals surface area contributed by atoms with Crippen LogP contribution in [-0.2, 0) is 4.79 Å². The third-order valence-electron chi connectivity index (χ3n) is 2.38.